The van der Waals surface area contributed by atoms with Crippen LogP contribution in [-0.2, 0) is 42.2 Å². The van der Waals surface area contributed by atoms with Crippen molar-refractivity contribution in [2.45, 2.75) is 328 Å². The Hall–Kier alpha value is -2.30. The van der Waals surface area contributed by atoms with Crippen LogP contribution in [0.15, 0.2) is 36.5 Å². The monoisotopic (exact) mass is 1090 g/mol. The van der Waals surface area contributed by atoms with E-state index in [1.54, 1.807) is 0 Å². The second kappa shape index (κ2) is 58.8. The summed E-state index contributed by atoms with van der Waals surface area (Å²) >= 11 is 0. The molecule has 0 rings (SSSR count). The molecule has 0 amide bonds. The van der Waals surface area contributed by atoms with Crippen molar-refractivity contribution in [3.05, 3.63) is 36.5 Å². The molecule has 76 heavy (non-hydrogen) atoms. The Bertz CT molecular complexity index is 1420. The second-order valence-electron chi connectivity index (χ2n) is 21.6. The Labute approximate surface area is 467 Å². The maximum atomic E-state index is 12.9. The van der Waals surface area contributed by atoms with E-state index in [1.165, 1.54) is 186 Å². The normalized spacial score (nSPS) is 13.5. The van der Waals surface area contributed by atoms with E-state index in [0.717, 1.165) is 70.6 Å². The van der Waals surface area contributed by atoms with Gasteiger partial charge in [0.2, 0.25) is 0 Å². The Balaban J connectivity index is 4.67. The molecule has 0 saturated carbocycles. The Kier molecular flexibility index (Phi) is 57.1. The summed E-state index contributed by atoms with van der Waals surface area (Å²) in [5, 5.41) is 9.82. The van der Waals surface area contributed by atoms with Crippen molar-refractivity contribution in [2.24, 2.45) is 0 Å². The largest absolute Gasteiger partial charge is 0.472 e. The zero-order valence-corrected chi connectivity index (χ0v) is 50.4. The van der Waals surface area contributed by atoms with Crippen LogP contribution in [0.2, 0.25) is 0 Å². The summed E-state index contributed by atoms with van der Waals surface area (Å²) in [4.78, 5) is 48.7. The molecule has 0 aliphatic heterocycles. The van der Waals surface area contributed by atoms with Gasteiger partial charge in [0, 0.05) is 19.3 Å². The molecule has 3 atom stereocenters. The van der Waals surface area contributed by atoms with E-state index in [2.05, 4.69) is 57.2 Å². The fraction of sp³-hybridized carbons (Fsp3) is 0.859. The van der Waals surface area contributed by atoms with Gasteiger partial charge in [-0.2, -0.15) is 0 Å². The Morgan fingerprint density at radius 1 is 0.368 bits per heavy atom. The predicted octanol–water partition coefficient (Wildman–Crippen LogP) is 19.2. The zero-order valence-electron chi connectivity index (χ0n) is 49.5. The minimum absolute atomic E-state index is 0.168. The lowest BCUT2D eigenvalue weighted by molar-refractivity contribution is -0.161. The Morgan fingerprint density at radius 2 is 0.645 bits per heavy atom. The van der Waals surface area contributed by atoms with Crippen molar-refractivity contribution in [1.29, 1.82) is 0 Å². The smallest absolute Gasteiger partial charge is 0.462 e. The number of ether oxygens (including phenoxy) is 3. The van der Waals surface area contributed by atoms with Gasteiger partial charge in [0.25, 0.3) is 0 Å². The average molecular weight is 1100 g/mol. The summed E-state index contributed by atoms with van der Waals surface area (Å²) in [6.45, 7) is 4.66. The van der Waals surface area contributed by atoms with Crippen LogP contribution in [0.4, 0.5) is 0 Å². The highest BCUT2D eigenvalue weighted by atomic mass is 31.2. The highest BCUT2D eigenvalue weighted by molar-refractivity contribution is 7.47. The molecule has 3 unspecified atom stereocenters. The zero-order chi connectivity index (χ0) is 55.5. The number of hydrogen-bond donors (Lipinski definition) is 2. The number of phosphoric acid groups is 1. The van der Waals surface area contributed by atoms with Gasteiger partial charge in [-0.1, -0.05) is 256 Å². The molecule has 0 aromatic heterocycles. The van der Waals surface area contributed by atoms with Crippen LogP contribution in [0.5, 0.6) is 0 Å². The molecule has 0 saturated heterocycles. The molecule has 0 aliphatic carbocycles. The van der Waals surface area contributed by atoms with Crippen LogP contribution in [0.3, 0.4) is 0 Å². The summed E-state index contributed by atoms with van der Waals surface area (Å²) < 4.78 is 39.6. The molecule has 11 nitrogen and oxygen atoms in total. The summed E-state index contributed by atoms with van der Waals surface area (Å²) in [6, 6.07) is 0. The van der Waals surface area contributed by atoms with Crippen LogP contribution >= 0.6 is 7.82 Å². The van der Waals surface area contributed by atoms with Crippen LogP contribution < -0.4 is 0 Å². The number of carbonyl (C=O) groups excluding carboxylic acids is 3. The van der Waals surface area contributed by atoms with E-state index in [1.807, 2.05) is 0 Å². The van der Waals surface area contributed by atoms with E-state index < -0.39 is 57.8 Å². The van der Waals surface area contributed by atoms with Crippen LogP contribution in [-0.4, -0.2) is 66.5 Å². The van der Waals surface area contributed by atoms with Gasteiger partial charge in [-0.15, -0.1) is 0 Å². The fourth-order valence-corrected chi connectivity index (χ4v) is 9.93. The molecule has 0 aromatic rings. The highest BCUT2D eigenvalue weighted by Crippen LogP contribution is 2.43. The van der Waals surface area contributed by atoms with Gasteiger partial charge >= 0.3 is 25.7 Å². The van der Waals surface area contributed by atoms with Crippen molar-refractivity contribution in [2.75, 3.05) is 26.4 Å². The first-order valence-corrected chi connectivity index (χ1v) is 33.4. The molecule has 0 bridgehead atoms. The maximum Gasteiger partial charge on any atom is 0.472 e. The molecule has 0 fully saturated rings. The first kappa shape index (κ1) is 73.7. The van der Waals surface area contributed by atoms with E-state index >= 15 is 0 Å². The van der Waals surface area contributed by atoms with Gasteiger partial charge in [-0.05, 0) is 77.0 Å². The molecule has 0 spiro atoms. The lowest BCUT2D eigenvalue weighted by atomic mass is 10.1. The number of allylic oxidation sites excluding steroid dienone is 6. The molecule has 0 aliphatic rings. The van der Waals surface area contributed by atoms with Gasteiger partial charge in [-0.25, -0.2) is 4.57 Å². The number of unbranched alkanes of at least 4 members (excludes halogenated alkanes) is 37. The van der Waals surface area contributed by atoms with Gasteiger partial charge in [0.1, 0.15) is 12.7 Å². The summed E-state index contributed by atoms with van der Waals surface area (Å²) in [5.74, 6) is -1.45. The van der Waals surface area contributed by atoms with E-state index in [9.17, 15) is 28.9 Å². The van der Waals surface area contributed by atoms with Gasteiger partial charge < -0.3 is 24.2 Å². The van der Waals surface area contributed by atoms with Crippen LogP contribution in [0, 0.1) is 0 Å². The van der Waals surface area contributed by atoms with Crippen molar-refractivity contribution >= 4 is 25.7 Å². The number of aliphatic hydroxyl groups is 1. The highest BCUT2D eigenvalue weighted by Gasteiger charge is 2.28. The van der Waals surface area contributed by atoms with Crippen molar-refractivity contribution in [3.8, 4) is 0 Å². The number of carbonyl (C=O) groups is 3. The van der Waals surface area contributed by atoms with E-state index in [4.69, 9.17) is 23.3 Å². The summed E-state index contributed by atoms with van der Waals surface area (Å²) in [7, 11) is -4.75. The van der Waals surface area contributed by atoms with Crippen LogP contribution in [0.1, 0.15) is 316 Å². The second-order valence-corrected chi connectivity index (χ2v) is 23.0. The lowest BCUT2D eigenvalue weighted by Crippen LogP contribution is -2.30. The number of esters is 3. The first-order valence-electron chi connectivity index (χ1n) is 31.9. The topological polar surface area (TPSA) is 155 Å². The minimum Gasteiger partial charge on any atom is -0.462 e. The maximum absolute atomic E-state index is 12.9. The quantitative estimate of drug-likeness (QED) is 0.0197. The van der Waals surface area contributed by atoms with E-state index in [0.29, 0.717) is 19.3 Å². The van der Waals surface area contributed by atoms with Gasteiger partial charge in [-0.3, -0.25) is 23.4 Å². The molecule has 0 radical (unpaired) electrons. The standard InChI is InChI=1S/C64H119O11P/c1-4-7-10-13-16-19-22-24-26-28-30-32-34-36-39-41-44-47-50-53-62(66)71-57-61(75-64(68)55-52-49-46-43-40-37-35-33-31-29-27-25-23-20-17-14-11-8-5-2)59-73-76(69,70)72-58-60(56-65)74-63(67)54-51-48-45-42-38-21-18-15-12-9-6-3/h16,19,24-27,60-61,65H,4-15,17-18,20-23,28-59H2,1-3H3,(H,69,70)/b19-16-,26-24-,27-25-. The number of rotatable bonds is 60. The molecular weight excluding hydrogens is 976 g/mol. The average Bonchev–Trinajstić information content (AvgIpc) is 3.41. The predicted molar refractivity (Wildman–Crippen MR) is 316 cm³/mol. The molecule has 2 N–H and O–H groups in total. The SMILES string of the molecule is CCCCC/C=C\C/C=C\CCCCCCCCCCCC(=O)OCC(COP(=O)(O)OCC(CO)OC(=O)CCCCCCCCCCCCC)OC(=O)CCCCCCCCCCC/C=C\CCCCCCCC. The summed E-state index contributed by atoms with van der Waals surface area (Å²) in [5.41, 5.74) is 0. The first-order chi connectivity index (χ1) is 37.2. The number of aliphatic hydroxyl groups excluding tert-OH is 1. The van der Waals surface area contributed by atoms with Gasteiger partial charge in [0.05, 0.1) is 19.8 Å². The number of hydrogen-bond acceptors (Lipinski definition) is 10. The summed E-state index contributed by atoms with van der Waals surface area (Å²) in [6.07, 6.45) is 62.4. The molecular formula is C64H119O11P. The van der Waals surface area contributed by atoms with Crippen molar-refractivity contribution in [1.82, 2.24) is 0 Å². The van der Waals surface area contributed by atoms with Crippen molar-refractivity contribution in [3.63, 3.8) is 0 Å². The fourth-order valence-electron chi connectivity index (χ4n) is 9.15. The van der Waals surface area contributed by atoms with Crippen LogP contribution in [0.25, 0.3) is 0 Å². The lowest BCUT2D eigenvalue weighted by Gasteiger charge is -2.21. The molecule has 12 heteroatoms. The minimum atomic E-state index is -4.75. The third kappa shape index (κ3) is 56.4. The third-order valence-corrected chi connectivity index (χ3v) is 15.0. The van der Waals surface area contributed by atoms with Gasteiger partial charge in [0.15, 0.2) is 6.10 Å². The Morgan fingerprint density at radius 3 is 1.01 bits per heavy atom. The van der Waals surface area contributed by atoms with E-state index in [-0.39, 0.29) is 25.9 Å². The third-order valence-electron chi connectivity index (χ3n) is 14.0. The molecule has 0 aromatic carbocycles. The number of phosphoric ester groups is 1. The van der Waals surface area contributed by atoms with Crippen molar-refractivity contribution < 1.29 is 52.2 Å². The molecule has 446 valence electrons. The molecule has 0 heterocycles.